The van der Waals surface area contributed by atoms with E-state index in [1.54, 1.807) is 45.2 Å². The second kappa shape index (κ2) is 7.35. The SMILES string of the molecule is COc1ccc(CNS(=O)(=O)c2c(C)cc(B(O)O)cc2C)cc1. The van der Waals surface area contributed by atoms with Crippen molar-refractivity contribution in [1.29, 1.82) is 0 Å². The molecule has 8 heteroatoms. The Balaban J connectivity index is 2.23. The highest BCUT2D eigenvalue weighted by Gasteiger charge is 2.22. The van der Waals surface area contributed by atoms with Gasteiger partial charge in [-0.25, -0.2) is 13.1 Å². The van der Waals surface area contributed by atoms with E-state index in [2.05, 4.69) is 4.72 Å². The minimum atomic E-state index is -3.72. The molecule has 0 radical (unpaired) electrons. The zero-order valence-electron chi connectivity index (χ0n) is 13.8. The Kier molecular flexibility index (Phi) is 5.66. The van der Waals surface area contributed by atoms with Crippen LogP contribution in [0.1, 0.15) is 16.7 Å². The highest BCUT2D eigenvalue weighted by molar-refractivity contribution is 7.89. The molecule has 0 fully saturated rings. The Morgan fingerprint density at radius 2 is 1.62 bits per heavy atom. The second-order valence-corrected chi connectivity index (χ2v) is 7.23. The van der Waals surface area contributed by atoms with Crippen LogP contribution in [0.5, 0.6) is 5.75 Å². The molecular formula is C16H20BNO5S. The smallest absolute Gasteiger partial charge is 0.488 e. The van der Waals surface area contributed by atoms with E-state index in [-0.39, 0.29) is 16.9 Å². The molecule has 2 aromatic carbocycles. The zero-order chi connectivity index (χ0) is 17.9. The van der Waals surface area contributed by atoms with Gasteiger partial charge in [-0.1, -0.05) is 24.3 Å². The summed E-state index contributed by atoms with van der Waals surface area (Å²) in [6.07, 6.45) is 0. The van der Waals surface area contributed by atoms with Crippen molar-refractivity contribution in [2.24, 2.45) is 0 Å². The fourth-order valence-corrected chi connectivity index (χ4v) is 4.02. The van der Waals surface area contributed by atoms with Gasteiger partial charge in [0.25, 0.3) is 0 Å². The van der Waals surface area contributed by atoms with Gasteiger partial charge in [0, 0.05) is 6.54 Å². The van der Waals surface area contributed by atoms with Gasteiger partial charge < -0.3 is 14.8 Å². The molecule has 0 saturated heterocycles. The van der Waals surface area contributed by atoms with Crippen molar-refractivity contribution < 1.29 is 23.2 Å². The van der Waals surface area contributed by atoms with Crippen molar-refractivity contribution >= 4 is 22.6 Å². The second-order valence-electron chi connectivity index (χ2n) is 5.53. The molecule has 0 aromatic heterocycles. The molecule has 0 atom stereocenters. The lowest BCUT2D eigenvalue weighted by molar-refractivity contribution is 0.414. The van der Waals surface area contributed by atoms with Crippen molar-refractivity contribution in [2.45, 2.75) is 25.3 Å². The first-order valence-corrected chi connectivity index (χ1v) is 8.83. The number of benzene rings is 2. The Hall–Kier alpha value is -1.87. The van der Waals surface area contributed by atoms with Crippen LogP contribution < -0.4 is 14.9 Å². The monoisotopic (exact) mass is 349 g/mol. The maximum atomic E-state index is 12.6. The summed E-state index contributed by atoms with van der Waals surface area (Å²) in [6.45, 7) is 3.40. The van der Waals surface area contributed by atoms with Crippen LogP contribution in [0.15, 0.2) is 41.3 Å². The molecule has 0 aliphatic heterocycles. The first kappa shape index (κ1) is 18.5. The topological polar surface area (TPSA) is 95.9 Å². The van der Waals surface area contributed by atoms with E-state index in [0.29, 0.717) is 16.9 Å². The van der Waals surface area contributed by atoms with Crippen LogP contribution in [0.25, 0.3) is 0 Å². The molecule has 0 amide bonds. The summed E-state index contributed by atoms with van der Waals surface area (Å²) in [5.41, 5.74) is 1.98. The summed E-state index contributed by atoms with van der Waals surface area (Å²) in [7, 11) is -3.79. The van der Waals surface area contributed by atoms with Crippen molar-refractivity contribution in [3.8, 4) is 5.75 Å². The summed E-state index contributed by atoms with van der Waals surface area (Å²) >= 11 is 0. The molecule has 2 rings (SSSR count). The molecule has 0 aliphatic carbocycles. The van der Waals surface area contributed by atoms with Crippen LogP contribution in [-0.4, -0.2) is 32.7 Å². The molecule has 0 saturated carbocycles. The van der Waals surface area contributed by atoms with Gasteiger partial charge in [0.2, 0.25) is 10.0 Å². The lowest BCUT2D eigenvalue weighted by atomic mass is 9.79. The van der Waals surface area contributed by atoms with Crippen molar-refractivity contribution in [3.63, 3.8) is 0 Å². The number of sulfonamides is 1. The highest BCUT2D eigenvalue weighted by atomic mass is 32.2. The Labute approximate surface area is 142 Å². The number of nitrogens with one attached hydrogen (secondary N) is 1. The van der Waals surface area contributed by atoms with Crippen LogP contribution in [-0.2, 0) is 16.6 Å². The van der Waals surface area contributed by atoms with Gasteiger partial charge in [0.15, 0.2) is 0 Å². The van der Waals surface area contributed by atoms with Gasteiger partial charge in [-0.2, -0.15) is 0 Å². The Morgan fingerprint density at radius 3 is 2.08 bits per heavy atom. The molecule has 0 unspecified atom stereocenters. The average molecular weight is 349 g/mol. The molecule has 3 N–H and O–H groups in total. The normalized spacial score (nSPS) is 11.4. The number of ether oxygens (including phenoxy) is 1. The molecule has 0 aliphatic rings. The minimum Gasteiger partial charge on any atom is -0.497 e. The van der Waals surface area contributed by atoms with E-state index in [9.17, 15) is 18.5 Å². The predicted molar refractivity (Wildman–Crippen MR) is 92.8 cm³/mol. The summed E-state index contributed by atoms with van der Waals surface area (Å²) < 4.78 is 32.8. The summed E-state index contributed by atoms with van der Waals surface area (Å²) in [5.74, 6) is 0.700. The number of rotatable bonds is 6. The average Bonchev–Trinajstić information content (AvgIpc) is 2.52. The predicted octanol–water partition coefficient (Wildman–Crippen LogP) is 0.470. The van der Waals surface area contributed by atoms with Crippen molar-refractivity contribution in [3.05, 3.63) is 53.1 Å². The van der Waals surface area contributed by atoms with E-state index < -0.39 is 17.1 Å². The Bertz CT molecular complexity index is 796. The van der Waals surface area contributed by atoms with Gasteiger partial charge in [-0.3, -0.25) is 0 Å². The third-order valence-electron chi connectivity index (χ3n) is 3.67. The lowest BCUT2D eigenvalue weighted by Crippen LogP contribution is -2.32. The summed E-state index contributed by atoms with van der Waals surface area (Å²) in [4.78, 5) is 0.153. The first-order chi connectivity index (χ1) is 11.2. The van der Waals surface area contributed by atoms with E-state index in [0.717, 1.165) is 5.56 Å². The quantitative estimate of drug-likeness (QED) is 0.659. The standard InChI is InChI=1S/C16H20BNO5S/c1-11-8-14(17(19)20)9-12(2)16(11)24(21,22)18-10-13-4-6-15(23-3)7-5-13/h4-9,18-20H,10H2,1-3H3. The molecule has 24 heavy (non-hydrogen) atoms. The van der Waals surface area contributed by atoms with Crippen LogP contribution in [0.2, 0.25) is 0 Å². The molecule has 6 nitrogen and oxygen atoms in total. The van der Waals surface area contributed by atoms with E-state index in [1.165, 1.54) is 12.1 Å². The number of aryl methyl sites for hydroxylation is 2. The third kappa shape index (κ3) is 4.15. The fourth-order valence-electron chi connectivity index (χ4n) is 2.55. The van der Waals surface area contributed by atoms with Crippen molar-refractivity contribution in [1.82, 2.24) is 4.72 Å². The number of hydrogen-bond donors (Lipinski definition) is 3. The maximum absolute atomic E-state index is 12.6. The maximum Gasteiger partial charge on any atom is 0.488 e. The third-order valence-corrected chi connectivity index (χ3v) is 5.38. The van der Waals surface area contributed by atoms with Crippen LogP contribution in [0.4, 0.5) is 0 Å². The lowest BCUT2D eigenvalue weighted by Gasteiger charge is -2.14. The molecule has 0 bridgehead atoms. The molecular weight excluding hydrogens is 329 g/mol. The van der Waals surface area contributed by atoms with Gasteiger partial charge in [-0.15, -0.1) is 0 Å². The summed E-state index contributed by atoms with van der Waals surface area (Å²) in [6, 6.07) is 10.0. The zero-order valence-corrected chi connectivity index (χ0v) is 14.6. The fraction of sp³-hybridized carbons (Fsp3) is 0.250. The summed E-state index contributed by atoms with van der Waals surface area (Å²) in [5, 5.41) is 18.5. The van der Waals surface area contributed by atoms with E-state index >= 15 is 0 Å². The van der Waals surface area contributed by atoms with Gasteiger partial charge >= 0.3 is 7.12 Å². The highest BCUT2D eigenvalue weighted by Crippen LogP contribution is 2.19. The molecule has 0 heterocycles. The molecule has 2 aromatic rings. The number of hydrogen-bond acceptors (Lipinski definition) is 5. The first-order valence-electron chi connectivity index (χ1n) is 7.34. The van der Waals surface area contributed by atoms with E-state index in [4.69, 9.17) is 4.74 Å². The van der Waals surface area contributed by atoms with Gasteiger partial charge in [0.05, 0.1) is 12.0 Å². The van der Waals surface area contributed by atoms with Gasteiger partial charge in [0.1, 0.15) is 5.75 Å². The van der Waals surface area contributed by atoms with E-state index in [1.807, 2.05) is 0 Å². The largest absolute Gasteiger partial charge is 0.497 e. The van der Waals surface area contributed by atoms with Crippen LogP contribution in [0.3, 0.4) is 0 Å². The van der Waals surface area contributed by atoms with Crippen LogP contribution >= 0.6 is 0 Å². The molecule has 128 valence electrons. The minimum absolute atomic E-state index is 0.148. The number of methoxy groups -OCH3 is 1. The molecule has 0 spiro atoms. The Morgan fingerprint density at radius 1 is 1.08 bits per heavy atom. The van der Waals surface area contributed by atoms with Gasteiger partial charge in [-0.05, 0) is 48.1 Å². The van der Waals surface area contributed by atoms with Crippen LogP contribution in [0, 0.1) is 13.8 Å². The van der Waals surface area contributed by atoms with Crippen molar-refractivity contribution in [2.75, 3.05) is 7.11 Å².